The van der Waals surface area contributed by atoms with Gasteiger partial charge in [-0.15, -0.1) is 0 Å². The molecule has 0 bridgehead atoms. The van der Waals surface area contributed by atoms with Gasteiger partial charge < -0.3 is 15.7 Å². The van der Waals surface area contributed by atoms with Gasteiger partial charge in [0.15, 0.2) is 0 Å². The molecule has 86 valence electrons. The van der Waals surface area contributed by atoms with E-state index in [4.69, 9.17) is 5.11 Å². The molecule has 0 atom stereocenters. The Bertz CT molecular complexity index is 244. The van der Waals surface area contributed by atoms with Crippen LogP contribution in [0.15, 0.2) is 0 Å². The fourth-order valence-electron chi connectivity index (χ4n) is 1.74. The van der Waals surface area contributed by atoms with E-state index in [1.807, 2.05) is 0 Å². The average Bonchev–Trinajstić information content (AvgIpc) is 2.11. The number of hydrogen-bond donors (Lipinski definition) is 3. The van der Waals surface area contributed by atoms with E-state index in [-0.39, 0.29) is 24.5 Å². The molecule has 0 aromatic rings. The van der Waals surface area contributed by atoms with E-state index >= 15 is 0 Å². The van der Waals surface area contributed by atoms with Crippen LogP contribution >= 0.6 is 0 Å². The molecule has 2 amide bonds. The standard InChI is InChI=1S/C10H18N2O3/c1-2-10(5-3-6-10)12-9(15)11-7-4-8(13)14/h2-7H2,1H3,(H,13,14)(H2,11,12,15). The van der Waals surface area contributed by atoms with Crippen LogP contribution in [0.25, 0.3) is 0 Å². The van der Waals surface area contributed by atoms with Gasteiger partial charge in [-0.05, 0) is 25.7 Å². The highest BCUT2D eigenvalue weighted by molar-refractivity contribution is 5.75. The van der Waals surface area contributed by atoms with Crippen LogP contribution in [0, 0.1) is 0 Å². The molecule has 0 aromatic carbocycles. The number of aliphatic carboxylic acids is 1. The van der Waals surface area contributed by atoms with Crippen molar-refractivity contribution in [3.8, 4) is 0 Å². The first-order valence-corrected chi connectivity index (χ1v) is 5.36. The number of carbonyl (C=O) groups is 2. The number of rotatable bonds is 5. The zero-order valence-corrected chi connectivity index (χ0v) is 9.01. The molecule has 0 unspecified atom stereocenters. The number of carboxylic acids is 1. The van der Waals surface area contributed by atoms with Crippen LogP contribution < -0.4 is 10.6 Å². The predicted octanol–water partition coefficient (Wildman–Crippen LogP) is 1.09. The molecule has 0 heterocycles. The van der Waals surface area contributed by atoms with Crippen molar-refractivity contribution in [3.05, 3.63) is 0 Å². The van der Waals surface area contributed by atoms with Gasteiger partial charge in [0, 0.05) is 12.1 Å². The van der Waals surface area contributed by atoms with Crippen molar-refractivity contribution in [3.63, 3.8) is 0 Å². The Hall–Kier alpha value is -1.26. The average molecular weight is 214 g/mol. The van der Waals surface area contributed by atoms with E-state index in [0.717, 1.165) is 25.7 Å². The molecular weight excluding hydrogens is 196 g/mol. The van der Waals surface area contributed by atoms with Gasteiger partial charge in [0.25, 0.3) is 0 Å². The molecule has 3 N–H and O–H groups in total. The number of nitrogens with one attached hydrogen (secondary N) is 2. The van der Waals surface area contributed by atoms with Crippen LogP contribution in [0.4, 0.5) is 4.79 Å². The van der Waals surface area contributed by atoms with Crippen molar-refractivity contribution in [2.75, 3.05) is 6.54 Å². The monoisotopic (exact) mass is 214 g/mol. The summed E-state index contributed by atoms with van der Waals surface area (Å²) in [5.41, 5.74) is -0.0344. The molecule has 1 aliphatic carbocycles. The second-order valence-corrected chi connectivity index (χ2v) is 4.01. The first-order valence-electron chi connectivity index (χ1n) is 5.36. The van der Waals surface area contributed by atoms with Gasteiger partial charge in [0.05, 0.1) is 6.42 Å². The maximum atomic E-state index is 11.4. The highest BCUT2D eigenvalue weighted by Crippen LogP contribution is 2.34. The summed E-state index contributed by atoms with van der Waals surface area (Å²) in [5, 5.41) is 13.8. The molecule has 5 heteroatoms. The van der Waals surface area contributed by atoms with E-state index < -0.39 is 5.97 Å². The number of urea groups is 1. The van der Waals surface area contributed by atoms with E-state index in [9.17, 15) is 9.59 Å². The Kier molecular flexibility index (Phi) is 3.94. The highest BCUT2D eigenvalue weighted by atomic mass is 16.4. The first-order chi connectivity index (χ1) is 7.08. The number of carbonyl (C=O) groups excluding carboxylic acids is 1. The zero-order chi connectivity index (χ0) is 11.3. The Balaban J connectivity index is 2.20. The third kappa shape index (κ3) is 3.42. The topological polar surface area (TPSA) is 78.4 Å². The Morgan fingerprint density at radius 3 is 2.47 bits per heavy atom. The number of amides is 2. The largest absolute Gasteiger partial charge is 0.481 e. The van der Waals surface area contributed by atoms with Gasteiger partial charge in [-0.25, -0.2) is 4.79 Å². The lowest BCUT2D eigenvalue weighted by Gasteiger charge is -2.41. The summed E-state index contributed by atoms with van der Waals surface area (Å²) in [5.74, 6) is -0.899. The second-order valence-electron chi connectivity index (χ2n) is 4.01. The third-order valence-corrected chi connectivity index (χ3v) is 2.99. The lowest BCUT2D eigenvalue weighted by molar-refractivity contribution is -0.136. The Morgan fingerprint density at radius 1 is 1.40 bits per heavy atom. The van der Waals surface area contributed by atoms with Gasteiger partial charge in [-0.2, -0.15) is 0 Å². The van der Waals surface area contributed by atoms with Crippen LogP contribution in [0.1, 0.15) is 39.0 Å². The van der Waals surface area contributed by atoms with Gasteiger partial charge in [0.1, 0.15) is 0 Å². The van der Waals surface area contributed by atoms with Crippen molar-refractivity contribution >= 4 is 12.0 Å². The van der Waals surface area contributed by atoms with E-state index in [1.165, 1.54) is 0 Å². The predicted molar refractivity (Wildman–Crippen MR) is 55.7 cm³/mol. The van der Waals surface area contributed by atoms with Crippen molar-refractivity contribution in [1.82, 2.24) is 10.6 Å². The summed E-state index contributed by atoms with van der Waals surface area (Å²) in [4.78, 5) is 21.6. The molecule has 0 aromatic heterocycles. The molecule has 1 fully saturated rings. The summed E-state index contributed by atoms with van der Waals surface area (Å²) < 4.78 is 0. The summed E-state index contributed by atoms with van der Waals surface area (Å²) in [6.45, 7) is 2.23. The lowest BCUT2D eigenvalue weighted by atomic mass is 9.75. The lowest BCUT2D eigenvalue weighted by Crippen LogP contribution is -2.56. The molecule has 0 spiro atoms. The van der Waals surface area contributed by atoms with Crippen LogP contribution in [0.2, 0.25) is 0 Å². The van der Waals surface area contributed by atoms with Crippen LogP contribution in [0.3, 0.4) is 0 Å². The maximum Gasteiger partial charge on any atom is 0.315 e. The fourth-order valence-corrected chi connectivity index (χ4v) is 1.74. The quantitative estimate of drug-likeness (QED) is 0.641. The molecular formula is C10H18N2O3. The van der Waals surface area contributed by atoms with Crippen molar-refractivity contribution in [2.24, 2.45) is 0 Å². The highest BCUT2D eigenvalue weighted by Gasteiger charge is 2.36. The minimum atomic E-state index is -0.899. The normalized spacial score (nSPS) is 17.7. The van der Waals surface area contributed by atoms with Crippen LogP contribution in [-0.4, -0.2) is 29.2 Å². The SMILES string of the molecule is CCC1(NC(=O)NCCC(=O)O)CCC1. The van der Waals surface area contributed by atoms with Gasteiger partial charge in [-0.1, -0.05) is 6.92 Å². The summed E-state index contributed by atoms with van der Waals surface area (Å²) >= 11 is 0. The second kappa shape index (κ2) is 5.00. The first kappa shape index (κ1) is 11.8. The van der Waals surface area contributed by atoms with Crippen molar-refractivity contribution in [1.29, 1.82) is 0 Å². The van der Waals surface area contributed by atoms with Gasteiger partial charge >= 0.3 is 12.0 Å². The molecule has 15 heavy (non-hydrogen) atoms. The van der Waals surface area contributed by atoms with E-state index in [2.05, 4.69) is 17.6 Å². The summed E-state index contributed by atoms with van der Waals surface area (Å²) in [6.07, 6.45) is 4.10. The summed E-state index contributed by atoms with van der Waals surface area (Å²) in [7, 11) is 0. The van der Waals surface area contributed by atoms with Crippen molar-refractivity contribution < 1.29 is 14.7 Å². The van der Waals surface area contributed by atoms with Gasteiger partial charge in [0.2, 0.25) is 0 Å². The zero-order valence-electron chi connectivity index (χ0n) is 9.01. The third-order valence-electron chi connectivity index (χ3n) is 2.99. The number of hydrogen-bond acceptors (Lipinski definition) is 2. The molecule has 0 radical (unpaired) electrons. The van der Waals surface area contributed by atoms with Crippen LogP contribution in [0.5, 0.6) is 0 Å². The minimum Gasteiger partial charge on any atom is -0.481 e. The molecule has 1 aliphatic rings. The molecule has 0 aliphatic heterocycles. The Morgan fingerprint density at radius 2 is 2.07 bits per heavy atom. The molecule has 1 saturated carbocycles. The fraction of sp³-hybridized carbons (Fsp3) is 0.800. The van der Waals surface area contributed by atoms with Crippen molar-refractivity contribution in [2.45, 2.75) is 44.6 Å². The molecule has 0 saturated heterocycles. The minimum absolute atomic E-state index is 0.0344. The van der Waals surface area contributed by atoms with E-state index in [1.54, 1.807) is 0 Å². The summed E-state index contributed by atoms with van der Waals surface area (Å²) in [6, 6.07) is -0.252. The maximum absolute atomic E-state index is 11.4. The smallest absolute Gasteiger partial charge is 0.315 e. The van der Waals surface area contributed by atoms with E-state index in [0.29, 0.717) is 0 Å². The van der Waals surface area contributed by atoms with Crippen LogP contribution in [-0.2, 0) is 4.79 Å². The molecule has 1 rings (SSSR count). The Labute approximate surface area is 89.2 Å². The van der Waals surface area contributed by atoms with Gasteiger partial charge in [-0.3, -0.25) is 4.79 Å². The molecule has 5 nitrogen and oxygen atoms in total. The number of carboxylic acid groups (broad SMARTS) is 1.